The largest absolute Gasteiger partial charge is 0.380 e. The van der Waals surface area contributed by atoms with Crippen LogP contribution in [-0.2, 0) is 41.8 Å². The van der Waals surface area contributed by atoms with Crippen LogP contribution in [0.4, 0.5) is 11.4 Å². The predicted molar refractivity (Wildman–Crippen MR) is 238 cm³/mol. The maximum Gasteiger partial charge on any atom is 0.0642 e. The van der Waals surface area contributed by atoms with E-state index in [0.717, 1.165) is 117 Å². The van der Waals surface area contributed by atoms with E-state index in [4.69, 9.17) is 19.4 Å². The van der Waals surface area contributed by atoms with Crippen molar-refractivity contribution in [1.82, 2.24) is 30.4 Å². The van der Waals surface area contributed by atoms with Gasteiger partial charge in [0.25, 0.3) is 0 Å². The van der Waals surface area contributed by atoms with Crippen LogP contribution in [-0.4, -0.2) is 112 Å². The van der Waals surface area contributed by atoms with E-state index in [2.05, 4.69) is 98.9 Å². The Morgan fingerprint density at radius 3 is 2.33 bits per heavy atom. The van der Waals surface area contributed by atoms with E-state index in [1.54, 1.807) is 5.56 Å². The van der Waals surface area contributed by atoms with Crippen molar-refractivity contribution in [2.45, 2.75) is 94.5 Å². The molecule has 11 rings (SSSR count). The molecule has 0 bridgehead atoms. The van der Waals surface area contributed by atoms with Crippen LogP contribution < -0.4 is 20.4 Å². The monoisotopic (exact) mass is 809 g/mol. The average Bonchev–Trinajstić information content (AvgIpc) is 3.26. The quantitative estimate of drug-likeness (QED) is 0.194. The highest BCUT2D eigenvalue weighted by atomic mass is 16.5. The van der Waals surface area contributed by atoms with Crippen molar-refractivity contribution in [2.24, 2.45) is 5.41 Å². The maximum atomic E-state index is 5.73. The number of benzene rings is 2. The average molecular weight is 809 g/mol. The van der Waals surface area contributed by atoms with Gasteiger partial charge >= 0.3 is 0 Å². The SMILES string of the molecule is CN(CC[C@H]1Cc2c(cc(C3CC[C@H](N(C)C[C@@H]4Cc5c(cccc5N5CCOCC5)CN4)c4ncccc43)cc2N2CC3(COC3)C2)CN1)[C@H]1CCCc2cccnc21. The van der Waals surface area contributed by atoms with Crippen molar-refractivity contribution in [3.8, 4) is 0 Å². The van der Waals surface area contributed by atoms with E-state index >= 15 is 0 Å². The lowest BCUT2D eigenvalue weighted by molar-refractivity contribution is -0.127. The summed E-state index contributed by atoms with van der Waals surface area (Å²) in [7, 11) is 4.65. The van der Waals surface area contributed by atoms with Crippen molar-refractivity contribution in [3.63, 3.8) is 0 Å². The maximum absolute atomic E-state index is 5.73. The van der Waals surface area contributed by atoms with Gasteiger partial charge in [-0.15, -0.1) is 0 Å². The second kappa shape index (κ2) is 16.4. The van der Waals surface area contributed by atoms with E-state index in [1.165, 1.54) is 69.0 Å². The number of ether oxygens (including phenoxy) is 2. The number of aromatic nitrogens is 2. The van der Waals surface area contributed by atoms with Crippen LogP contribution in [0.15, 0.2) is 67.0 Å². The lowest BCUT2D eigenvalue weighted by Gasteiger charge is -2.56. The van der Waals surface area contributed by atoms with Gasteiger partial charge in [-0.2, -0.15) is 0 Å². The van der Waals surface area contributed by atoms with Crippen molar-refractivity contribution in [2.75, 3.05) is 89.6 Å². The Morgan fingerprint density at radius 2 is 1.48 bits per heavy atom. The Labute approximate surface area is 357 Å². The molecule has 2 aromatic heterocycles. The summed E-state index contributed by atoms with van der Waals surface area (Å²) in [4.78, 5) is 20.4. The molecule has 10 nitrogen and oxygen atoms in total. The molecule has 2 N–H and O–H groups in total. The lowest BCUT2D eigenvalue weighted by Crippen LogP contribution is -2.66. The molecule has 1 spiro atoms. The minimum atomic E-state index is 0.305. The molecule has 316 valence electrons. The van der Waals surface area contributed by atoms with Gasteiger partial charge < -0.3 is 29.9 Å². The van der Waals surface area contributed by atoms with Gasteiger partial charge in [-0.25, -0.2) is 0 Å². The van der Waals surface area contributed by atoms with Crippen LogP contribution in [0.5, 0.6) is 0 Å². The van der Waals surface area contributed by atoms with Gasteiger partial charge in [-0.3, -0.25) is 19.8 Å². The van der Waals surface area contributed by atoms with Crippen LogP contribution in [0.2, 0.25) is 0 Å². The van der Waals surface area contributed by atoms with Crippen LogP contribution in [0.25, 0.3) is 0 Å². The van der Waals surface area contributed by atoms with Gasteiger partial charge in [0, 0.05) is 87.6 Å². The predicted octanol–water partition coefficient (Wildman–Crippen LogP) is 6.18. The molecule has 0 saturated carbocycles. The van der Waals surface area contributed by atoms with Crippen LogP contribution >= 0.6 is 0 Å². The number of nitrogens with zero attached hydrogens (tertiary/aromatic N) is 6. The van der Waals surface area contributed by atoms with Gasteiger partial charge in [-0.1, -0.05) is 30.3 Å². The zero-order chi connectivity index (χ0) is 40.2. The number of anilines is 2. The number of hydrogen-bond acceptors (Lipinski definition) is 10. The highest BCUT2D eigenvalue weighted by Crippen LogP contribution is 2.47. The first-order chi connectivity index (χ1) is 29.5. The molecule has 5 atom stereocenters. The highest BCUT2D eigenvalue weighted by molar-refractivity contribution is 5.64. The molecule has 3 fully saturated rings. The Balaban J connectivity index is 0.808. The first-order valence-electron chi connectivity index (χ1n) is 23.2. The Morgan fingerprint density at radius 1 is 0.733 bits per heavy atom. The van der Waals surface area contributed by atoms with Crippen molar-refractivity contribution < 1.29 is 9.47 Å². The summed E-state index contributed by atoms with van der Waals surface area (Å²) < 4.78 is 11.4. The Hall–Kier alpha value is -3.90. The fourth-order valence-corrected chi connectivity index (χ4v) is 12.1. The van der Waals surface area contributed by atoms with Crippen LogP contribution in [0, 0.1) is 5.41 Å². The van der Waals surface area contributed by atoms with Crippen LogP contribution in [0.1, 0.15) is 100 Å². The van der Waals surface area contributed by atoms with E-state index in [9.17, 15) is 0 Å². The summed E-state index contributed by atoms with van der Waals surface area (Å²) >= 11 is 0. The van der Waals surface area contributed by atoms with Gasteiger partial charge in [0.2, 0.25) is 0 Å². The zero-order valence-corrected chi connectivity index (χ0v) is 35.9. The third kappa shape index (κ3) is 7.35. The summed E-state index contributed by atoms with van der Waals surface area (Å²) in [5.41, 5.74) is 16.2. The van der Waals surface area contributed by atoms with Gasteiger partial charge in [0.15, 0.2) is 0 Å². The molecule has 0 radical (unpaired) electrons. The van der Waals surface area contributed by atoms with Crippen molar-refractivity contribution in [1.29, 1.82) is 0 Å². The zero-order valence-electron chi connectivity index (χ0n) is 35.9. The molecule has 7 aliphatic rings. The fourth-order valence-electron chi connectivity index (χ4n) is 12.1. The first kappa shape index (κ1) is 39.0. The lowest BCUT2D eigenvalue weighted by atomic mass is 9.75. The third-order valence-electron chi connectivity index (χ3n) is 15.5. The van der Waals surface area contributed by atoms with Crippen LogP contribution in [0.3, 0.4) is 0 Å². The molecule has 0 amide bonds. The topological polar surface area (TPSA) is 81.3 Å². The number of aryl methyl sites for hydroxylation is 1. The number of fused-ring (bicyclic) bond motifs is 4. The number of nitrogens with one attached hydrogen (secondary N) is 2. The summed E-state index contributed by atoms with van der Waals surface area (Å²) in [5.74, 6) is 0.346. The van der Waals surface area contributed by atoms with Gasteiger partial charge in [0.1, 0.15) is 0 Å². The van der Waals surface area contributed by atoms with Gasteiger partial charge in [-0.05, 0) is 135 Å². The second-order valence-corrected chi connectivity index (χ2v) is 19.4. The number of morpholine rings is 1. The highest BCUT2D eigenvalue weighted by Gasteiger charge is 2.50. The van der Waals surface area contributed by atoms with E-state index in [-0.39, 0.29) is 0 Å². The number of pyridine rings is 2. The molecule has 60 heavy (non-hydrogen) atoms. The summed E-state index contributed by atoms with van der Waals surface area (Å²) in [6.07, 6.45) is 13.1. The number of likely N-dealkylation sites (N-methyl/N-ethyl adjacent to an activating group) is 1. The molecule has 2 aliphatic carbocycles. The fraction of sp³-hybridized carbons (Fsp3) is 0.560. The second-order valence-electron chi connectivity index (χ2n) is 19.4. The first-order valence-corrected chi connectivity index (χ1v) is 23.2. The van der Waals surface area contributed by atoms with Crippen molar-refractivity contribution in [3.05, 3.63) is 117 Å². The molecular formula is C50H64N8O2. The Kier molecular flexibility index (Phi) is 10.7. The normalized spacial score (nSPS) is 26.8. The molecule has 1 unspecified atom stereocenters. The molecule has 3 saturated heterocycles. The molecule has 7 heterocycles. The smallest absolute Gasteiger partial charge is 0.0642 e. The standard InChI is InChI=1S/C50H64N8O2/c1-55(45-12-3-7-34-9-5-16-51-48(34)45)18-15-38-25-43-37(28-53-38)23-36(24-47(43)58-30-50(31-58)32-60-33-50)40-13-14-46(49-41(40)10-6-17-52-49)56(2)29-39-26-42-35(27-54-39)8-4-11-44(42)57-19-21-59-22-20-57/h4-6,8-11,16-17,23-24,38-40,45-46,53-54H,3,7,12-15,18-22,25-33H2,1-2H3/t38-,39-,40?,45-,46-/m0/s1. The van der Waals surface area contributed by atoms with Crippen molar-refractivity contribution >= 4 is 11.4 Å². The summed E-state index contributed by atoms with van der Waals surface area (Å²) in [6, 6.07) is 22.6. The third-order valence-corrected chi connectivity index (χ3v) is 15.5. The van der Waals surface area contributed by atoms with E-state index in [1.807, 2.05) is 12.4 Å². The van der Waals surface area contributed by atoms with E-state index in [0.29, 0.717) is 35.5 Å². The number of rotatable bonds is 10. The summed E-state index contributed by atoms with van der Waals surface area (Å²) in [6.45, 7) is 11.6. The molecule has 5 aliphatic heterocycles. The minimum absolute atomic E-state index is 0.305. The Bertz CT molecular complexity index is 2180. The molecule has 2 aromatic carbocycles. The minimum Gasteiger partial charge on any atom is -0.380 e. The summed E-state index contributed by atoms with van der Waals surface area (Å²) in [5, 5.41) is 7.93. The number of hydrogen-bond donors (Lipinski definition) is 2. The molecule has 4 aromatic rings. The van der Waals surface area contributed by atoms with Gasteiger partial charge in [0.05, 0.1) is 55.3 Å². The van der Waals surface area contributed by atoms with E-state index < -0.39 is 0 Å². The molecule has 10 heteroatoms. The molecular weight excluding hydrogens is 745 g/mol.